The number of halogens is 1. The van der Waals surface area contributed by atoms with Crippen LogP contribution >= 0.6 is 35.3 Å². The topological polar surface area (TPSA) is 39.7 Å². The first-order valence-corrected chi connectivity index (χ1v) is 10.5. The number of hydrogen-bond acceptors (Lipinski definition) is 3. The summed E-state index contributed by atoms with van der Waals surface area (Å²) >= 11 is 1.83. The lowest BCUT2D eigenvalue weighted by atomic mass is 10.1. The fourth-order valence-electron chi connectivity index (χ4n) is 3.37. The van der Waals surface area contributed by atoms with Crippen LogP contribution in [0.25, 0.3) is 0 Å². The van der Waals surface area contributed by atoms with Gasteiger partial charge in [-0.25, -0.2) is 0 Å². The molecule has 1 aliphatic rings. The molecule has 0 aliphatic carbocycles. The molecule has 0 atom stereocenters. The van der Waals surface area contributed by atoms with E-state index in [1.807, 2.05) is 11.3 Å². The molecule has 0 amide bonds. The van der Waals surface area contributed by atoms with Crippen LogP contribution in [0.3, 0.4) is 0 Å². The monoisotopic (exact) mass is 498 g/mol. The van der Waals surface area contributed by atoms with Gasteiger partial charge in [0.15, 0.2) is 5.96 Å². The van der Waals surface area contributed by atoms with E-state index in [9.17, 15) is 0 Å². The van der Waals surface area contributed by atoms with Crippen LogP contribution in [0.1, 0.15) is 30.9 Å². The Balaban J connectivity index is 0.00000261. The molecule has 0 spiro atoms. The summed E-state index contributed by atoms with van der Waals surface area (Å²) in [6.45, 7) is 8.19. The van der Waals surface area contributed by atoms with E-state index < -0.39 is 0 Å². The minimum Gasteiger partial charge on any atom is -0.363 e. The highest BCUT2D eigenvalue weighted by atomic mass is 127. The third-order valence-corrected chi connectivity index (χ3v) is 5.68. The molecule has 148 valence electrons. The van der Waals surface area contributed by atoms with Crippen LogP contribution in [-0.2, 0) is 6.42 Å². The molecule has 0 saturated carbocycles. The molecule has 2 aromatic rings. The fraction of sp³-hybridized carbons (Fsp3) is 0.476. The van der Waals surface area contributed by atoms with Gasteiger partial charge in [-0.15, -0.1) is 35.3 Å². The Hall–Kier alpha value is -1.28. The zero-order chi connectivity index (χ0) is 18.2. The average molecular weight is 498 g/mol. The van der Waals surface area contributed by atoms with Crippen LogP contribution in [0.5, 0.6) is 0 Å². The summed E-state index contributed by atoms with van der Waals surface area (Å²) in [6.07, 6.45) is 3.29. The number of aliphatic imine (C=N–C) groups is 1. The number of nitrogens with one attached hydrogen (secondary N) is 2. The highest BCUT2D eigenvalue weighted by Gasteiger charge is 2.20. The molecule has 1 saturated heterocycles. The molecule has 27 heavy (non-hydrogen) atoms. The number of thiophene rings is 1. The first kappa shape index (κ1) is 22.0. The van der Waals surface area contributed by atoms with Gasteiger partial charge >= 0.3 is 0 Å². The van der Waals surface area contributed by atoms with E-state index in [0.29, 0.717) is 6.04 Å². The van der Waals surface area contributed by atoms with Crippen molar-refractivity contribution in [3.05, 3.63) is 52.9 Å². The Morgan fingerprint density at radius 3 is 2.70 bits per heavy atom. The first-order chi connectivity index (χ1) is 12.7. The van der Waals surface area contributed by atoms with E-state index in [0.717, 1.165) is 51.4 Å². The number of anilines is 1. The van der Waals surface area contributed by atoms with Crippen LogP contribution in [-0.4, -0.2) is 38.2 Å². The second-order valence-corrected chi connectivity index (χ2v) is 7.78. The lowest BCUT2D eigenvalue weighted by Crippen LogP contribution is -2.48. The van der Waals surface area contributed by atoms with Crippen molar-refractivity contribution in [1.82, 2.24) is 10.6 Å². The van der Waals surface area contributed by atoms with Gasteiger partial charge in [-0.05, 0) is 56.2 Å². The first-order valence-electron chi connectivity index (χ1n) is 9.63. The van der Waals surface area contributed by atoms with Crippen molar-refractivity contribution >= 4 is 46.3 Å². The molecule has 2 N–H and O–H groups in total. The Kier molecular flexibility index (Phi) is 9.41. The molecule has 6 heteroatoms. The molecule has 1 aromatic heterocycles. The van der Waals surface area contributed by atoms with E-state index in [-0.39, 0.29) is 24.0 Å². The maximum Gasteiger partial charge on any atom is 0.191 e. The predicted octanol–water partition coefficient (Wildman–Crippen LogP) is 4.44. The van der Waals surface area contributed by atoms with Gasteiger partial charge in [-0.3, -0.25) is 4.99 Å². The van der Waals surface area contributed by atoms with Gasteiger partial charge in [0.25, 0.3) is 0 Å². The number of benzene rings is 1. The van der Waals surface area contributed by atoms with Gasteiger partial charge in [0.05, 0.1) is 5.00 Å². The molecule has 0 unspecified atom stereocenters. The van der Waals surface area contributed by atoms with Gasteiger partial charge in [-0.1, -0.05) is 29.8 Å². The molecule has 4 nitrogen and oxygen atoms in total. The highest BCUT2D eigenvalue weighted by Crippen LogP contribution is 2.24. The summed E-state index contributed by atoms with van der Waals surface area (Å²) in [5.41, 5.74) is 2.67. The second kappa shape index (κ2) is 11.5. The SMILES string of the molecule is CCNC(=NCCc1cccc(C)c1)NC1CCN(c2cccs2)CC1.I. The third kappa shape index (κ3) is 6.99. The number of hydrogen-bond donors (Lipinski definition) is 2. The van der Waals surface area contributed by atoms with Crippen LogP contribution in [0, 0.1) is 6.92 Å². The number of aryl methyl sites for hydroxylation is 1. The van der Waals surface area contributed by atoms with Crippen molar-refractivity contribution in [2.75, 3.05) is 31.1 Å². The smallest absolute Gasteiger partial charge is 0.191 e. The maximum atomic E-state index is 4.78. The molecule has 1 aromatic carbocycles. The molecule has 2 heterocycles. The quantitative estimate of drug-likeness (QED) is 0.352. The minimum atomic E-state index is 0. The molecule has 1 aliphatic heterocycles. The van der Waals surface area contributed by atoms with Gasteiger partial charge in [0, 0.05) is 32.2 Å². The van der Waals surface area contributed by atoms with Crippen LogP contribution in [0.15, 0.2) is 46.8 Å². The summed E-state index contributed by atoms with van der Waals surface area (Å²) in [5, 5.41) is 10.6. The number of piperidine rings is 1. The van der Waals surface area contributed by atoms with E-state index in [1.54, 1.807) is 0 Å². The summed E-state index contributed by atoms with van der Waals surface area (Å²) in [4.78, 5) is 7.28. The van der Waals surface area contributed by atoms with E-state index >= 15 is 0 Å². The standard InChI is InChI=1S/C21H30N4S.HI/c1-3-22-21(23-12-9-18-7-4-6-17(2)16-18)24-19-10-13-25(14-11-19)20-8-5-15-26-20;/h4-8,15-16,19H,3,9-14H2,1-2H3,(H2,22,23,24);1H. The van der Waals surface area contributed by atoms with Crippen LogP contribution in [0.4, 0.5) is 5.00 Å². The summed E-state index contributed by atoms with van der Waals surface area (Å²) in [7, 11) is 0. The van der Waals surface area contributed by atoms with Crippen LogP contribution < -0.4 is 15.5 Å². The summed E-state index contributed by atoms with van der Waals surface area (Å²) < 4.78 is 0. The Morgan fingerprint density at radius 1 is 1.22 bits per heavy atom. The Labute approximate surface area is 184 Å². The maximum absolute atomic E-state index is 4.78. The van der Waals surface area contributed by atoms with Crippen molar-refractivity contribution in [2.24, 2.45) is 4.99 Å². The lowest BCUT2D eigenvalue weighted by molar-refractivity contribution is 0.463. The second-order valence-electron chi connectivity index (χ2n) is 6.86. The van der Waals surface area contributed by atoms with Gasteiger partial charge < -0.3 is 15.5 Å². The minimum absolute atomic E-state index is 0. The molecule has 3 rings (SSSR count). The van der Waals surface area contributed by atoms with Crippen LogP contribution in [0.2, 0.25) is 0 Å². The number of nitrogens with zero attached hydrogens (tertiary/aromatic N) is 2. The lowest BCUT2D eigenvalue weighted by Gasteiger charge is -2.33. The Morgan fingerprint density at radius 2 is 2.04 bits per heavy atom. The van der Waals surface area contributed by atoms with Crippen molar-refractivity contribution in [2.45, 2.75) is 39.2 Å². The van der Waals surface area contributed by atoms with Gasteiger partial charge in [0.1, 0.15) is 0 Å². The number of guanidine groups is 1. The van der Waals surface area contributed by atoms with Gasteiger partial charge in [-0.2, -0.15) is 0 Å². The van der Waals surface area contributed by atoms with Crippen molar-refractivity contribution < 1.29 is 0 Å². The predicted molar refractivity (Wildman–Crippen MR) is 129 cm³/mol. The molecule has 1 fully saturated rings. The van der Waals surface area contributed by atoms with E-state index in [1.165, 1.54) is 16.1 Å². The zero-order valence-electron chi connectivity index (χ0n) is 16.3. The average Bonchev–Trinajstić information content (AvgIpc) is 3.17. The molecule has 0 radical (unpaired) electrons. The van der Waals surface area contributed by atoms with E-state index in [2.05, 4.69) is 71.2 Å². The highest BCUT2D eigenvalue weighted by molar-refractivity contribution is 14.0. The van der Waals surface area contributed by atoms with Crippen molar-refractivity contribution in [3.63, 3.8) is 0 Å². The molecular weight excluding hydrogens is 467 g/mol. The summed E-state index contributed by atoms with van der Waals surface area (Å²) in [6, 6.07) is 13.5. The number of rotatable bonds is 6. The summed E-state index contributed by atoms with van der Waals surface area (Å²) in [5.74, 6) is 0.953. The fourth-order valence-corrected chi connectivity index (χ4v) is 4.16. The molecular formula is C21H31IN4S. The molecule has 0 bridgehead atoms. The van der Waals surface area contributed by atoms with Crippen molar-refractivity contribution in [3.8, 4) is 0 Å². The van der Waals surface area contributed by atoms with E-state index in [4.69, 9.17) is 4.99 Å². The largest absolute Gasteiger partial charge is 0.363 e. The zero-order valence-corrected chi connectivity index (χ0v) is 19.4. The van der Waals surface area contributed by atoms with Crippen molar-refractivity contribution in [1.29, 1.82) is 0 Å². The Bertz CT molecular complexity index is 694. The van der Waals surface area contributed by atoms with Gasteiger partial charge in [0.2, 0.25) is 0 Å². The normalized spacial score (nSPS) is 15.3. The third-order valence-electron chi connectivity index (χ3n) is 4.75.